The summed E-state index contributed by atoms with van der Waals surface area (Å²) in [5.41, 5.74) is 2.67. The topological polar surface area (TPSA) is 53.1 Å². The summed E-state index contributed by atoms with van der Waals surface area (Å²) in [4.78, 5) is 33.3. The molecule has 0 N–H and O–H groups in total. The molecule has 1 unspecified atom stereocenters. The molecule has 6 nitrogen and oxygen atoms in total. The van der Waals surface area contributed by atoms with Crippen molar-refractivity contribution in [3.05, 3.63) is 47.0 Å². The summed E-state index contributed by atoms with van der Waals surface area (Å²) in [7, 11) is 0. The monoisotopic (exact) mass is 549 g/mol. The molecule has 0 radical (unpaired) electrons. The lowest BCUT2D eigenvalue weighted by Crippen LogP contribution is -2.61. The molecule has 1 aromatic carbocycles. The van der Waals surface area contributed by atoms with Crippen molar-refractivity contribution in [3.63, 3.8) is 0 Å². The fourth-order valence-corrected chi connectivity index (χ4v) is 7.90. The molecule has 4 fully saturated rings. The van der Waals surface area contributed by atoms with Crippen LogP contribution < -0.4 is 0 Å². The second-order valence-corrected chi connectivity index (χ2v) is 13.0. The van der Waals surface area contributed by atoms with Gasteiger partial charge in [0.05, 0.1) is 0 Å². The molecule has 1 saturated carbocycles. The minimum atomic E-state index is -0.340. The fraction of sp³-hybridized carbons (Fsp3) is 0.706. The molecule has 3 aliphatic heterocycles. The van der Waals surface area contributed by atoms with Crippen LogP contribution in [-0.4, -0.2) is 77.6 Å². The van der Waals surface area contributed by atoms with Crippen molar-refractivity contribution in [2.45, 2.75) is 103 Å². The Hall–Kier alpha value is -2.34. The summed E-state index contributed by atoms with van der Waals surface area (Å²) >= 11 is 0. The molecular formula is C34H51N3O3. The van der Waals surface area contributed by atoms with E-state index in [1.165, 1.54) is 32.1 Å². The van der Waals surface area contributed by atoms with Gasteiger partial charge in [-0.05, 0) is 69.4 Å². The van der Waals surface area contributed by atoms with E-state index in [0.717, 1.165) is 94.5 Å². The highest BCUT2D eigenvalue weighted by molar-refractivity contribution is 5.97. The maximum Gasteiger partial charge on any atom is 0.410 e. The standard InChI is InChI=1S/C34H51N3O3/c1-4-5-7-15-29-25-37(24-28-13-8-6-9-14-28)33(39)40-34(29)18-22-35(23-19-34)30-16-20-36(21-17-30)32(38)31-26(2)11-10-12-27(31)3/h5,7,10-12,28-30H,4,6,8-9,13-25H2,1-3H3/b7-5+. The molecule has 0 bridgehead atoms. The van der Waals surface area contributed by atoms with Crippen LogP contribution in [0.5, 0.6) is 0 Å². The lowest BCUT2D eigenvalue weighted by atomic mass is 9.75. The minimum Gasteiger partial charge on any atom is -0.442 e. The fourth-order valence-electron chi connectivity index (χ4n) is 7.90. The van der Waals surface area contributed by atoms with Gasteiger partial charge in [0.1, 0.15) is 5.60 Å². The van der Waals surface area contributed by atoms with Crippen LogP contribution in [0.4, 0.5) is 4.79 Å². The van der Waals surface area contributed by atoms with E-state index < -0.39 is 0 Å². The van der Waals surface area contributed by atoms with Gasteiger partial charge in [0.2, 0.25) is 0 Å². The lowest BCUT2D eigenvalue weighted by Gasteiger charge is -2.52. The first kappa shape index (κ1) is 29.2. The first-order valence-electron chi connectivity index (χ1n) is 16.1. The van der Waals surface area contributed by atoms with Crippen molar-refractivity contribution >= 4 is 12.0 Å². The molecule has 1 aliphatic carbocycles. The zero-order valence-electron chi connectivity index (χ0n) is 25.2. The molecule has 40 heavy (non-hydrogen) atoms. The van der Waals surface area contributed by atoms with E-state index in [1.54, 1.807) is 0 Å². The number of hydrogen-bond acceptors (Lipinski definition) is 4. The van der Waals surface area contributed by atoms with Crippen LogP contribution in [0.2, 0.25) is 0 Å². The van der Waals surface area contributed by atoms with E-state index in [1.807, 2.05) is 36.9 Å². The van der Waals surface area contributed by atoms with Crippen molar-refractivity contribution in [1.82, 2.24) is 14.7 Å². The first-order chi connectivity index (χ1) is 19.4. The number of benzene rings is 1. The molecule has 2 amide bonds. The summed E-state index contributed by atoms with van der Waals surface area (Å²) in [6, 6.07) is 6.60. The number of hydrogen-bond donors (Lipinski definition) is 0. The Morgan fingerprint density at radius 1 is 0.975 bits per heavy atom. The Labute approximate surface area is 242 Å². The summed E-state index contributed by atoms with van der Waals surface area (Å²) < 4.78 is 6.44. The average Bonchev–Trinajstić information content (AvgIpc) is 2.96. The van der Waals surface area contributed by atoms with Gasteiger partial charge < -0.3 is 14.5 Å². The third-order valence-corrected chi connectivity index (χ3v) is 10.4. The van der Waals surface area contributed by atoms with E-state index in [9.17, 15) is 9.59 Å². The van der Waals surface area contributed by atoms with Crippen LogP contribution in [0, 0.1) is 25.7 Å². The largest absolute Gasteiger partial charge is 0.442 e. The van der Waals surface area contributed by atoms with Crippen LogP contribution in [0.25, 0.3) is 0 Å². The molecule has 1 aromatic rings. The number of nitrogens with zero attached hydrogens (tertiary/aromatic N) is 3. The molecule has 1 spiro atoms. The number of aryl methyl sites for hydroxylation is 2. The molecule has 4 aliphatic rings. The normalized spacial score (nSPS) is 25.1. The second-order valence-electron chi connectivity index (χ2n) is 13.0. The van der Waals surface area contributed by atoms with Crippen molar-refractivity contribution < 1.29 is 14.3 Å². The smallest absolute Gasteiger partial charge is 0.410 e. The minimum absolute atomic E-state index is 0.0759. The Balaban J connectivity index is 1.18. The maximum absolute atomic E-state index is 13.3. The Kier molecular flexibility index (Phi) is 9.55. The average molecular weight is 550 g/mol. The van der Waals surface area contributed by atoms with Crippen molar-refractivity contribution in [2.75, 3.05) is 39.3 Å². The van der Waals surface area contributed by atoms with E-state index in [-0.39, 0.29) is 17.6 Å². The number of likely N-dealkylation sites (tertiary alicyclic amines) is 2. The van der Waals surface area contributed by atoms with Crippen LogP contribution >= 0.6 is 0 Å². The Bertz CT molecular complexity index is 1030. The van der Waals surface area contributed by atoms with Crippen LogP contribution in [0.1, 0.15) is 99.0 Å². The zero-order chi connectivity index (χ0) is 28.1. The molecule has 3 heterocycles. The van der Waals surface area contributed by atoms with Crippen molar-refractivity contribution in [3.8, 4) is 0 Å². The SMILES string of the molecule is CC/C=C/CC1CN(CC2CCCCC2)C(=O)OC12CCN(C1CCN(C(=O)c3c(C)cccc3C)CC1)CC2. The first-order valence-corrected chi connectivity index (χ1v) is 16.1. The van der Waals surface area contributed by atoms with Crippen LogP contribution in [-0.2, 0) is 4.74 Å². The van der Waals surface area contributed by atoms with E-state index in [4.69, 9.17) is 4.74 Å². The highest BCUT2D eigenvalue weighted by Crippen LogP contribution is 2.42. The highest BCUT2D eigenvalue weighted by atomic mass is 16.6. The molecule has 3 saturated heterocycles. The number of carbonyl (C=O) groups is 2. The summed E-state index contributed by atoms with van der Waals surface area (Å²) in [6.07, 6.45) is 16.8. The second kappa shape index (κ2) is 13.1. The van der Waals surface area contributed by atoms with Crippen LogP contribution in [0.15, 0.2) is 30.4 Å². The molecular weight excluding hydrogens is 498 g/mol. The molecule has 220 valence electrons. The van der Waals surface area contributed by atoms with Gasteiger partial charge in [0, 0.05) is 69.6 Å². The van der Waals surface area contributed by atoms with Gasteiger partial charge in [-0.25, -0.2) is 4.79 Å². The molecule has 5 rings (SSSR count). The maximum atomic E-state index is 13.3. The number of allylic oxidation sites excluding steroid dienone is 2. The summed E-state index contributed by atoms with van der Waals surface area (Å²) in [5.74, 6) is 1.17. The van der Waals surface area contributed by atoms with Gasteiger partial charge in [0.15, 0.2) is 0 Å². The summed E-state index contributed by atoms with van der Waals surface area (Å²) in [5, 5.41) is 0. The van der Waals surface area contributed by atoms with Gasteiger partial charge in [0.25, 0.3) is 5.91 Å². The number of rotatable bonds is 7. The summed E-state index contributed by atoms with van der Waals surface area (Å²) in [6.45, 7) is 11.5. The Morgan fingerprint density at radius 3 is 2.30 bits per heavy atom. The van der Waals surface area contributed by atoms with Gasteiger partial charge in [-0.3, -0.25) is 9.69 Å². The third kappa shape index (κ3) is 6.42. The van der Waals surface area contributed by atoms with Crippen molar-refractivity contribution in [1.29, 1.82) is 0 Å². The van der Waals surface area contributed by atoms with Crippen LogP contribution in [0.3, 0.4) is 0 Å². The van der Waals surface area contributed by atoms with Crippen molar-refractivity contribution in [2.24, 2.45) is 11.8 Å². The lowest BCUT2D eigenvalue weighted by molar-refractivity contribution is -0.124. The van der Waals surface area contributed by atoms with Gasteiger partial charge in [-0.2, -0.15) is 0 Å². The quantitative estimate of drug-likeness (QED) is 0.353. The van der Waals surface area contributed by atoms with Gasteiger partial charge >= 0.3 is 6.09 Å². The Morgan fingerprint density at radius 2 is 1.65 bits per heavy atom. The van der Waals surface area contributed by atoms with E-state index in [2.05, 4.69) is 28.9 Å². The zero-order valence-corrected chi connectivity index (χ0v) is 25.2. The van der Waals surface area contributed by atoms with E-state index >= 15 is 0 Å². The predicted molar refractivity (Wildman–Crippen MR) is 161 cm³/mol. The van der Waals surface area contributed by atoms with Gasteiger partial charge in [-0.1, -0.05) is 56.5 Å². The third-order valence-electron chi connectivity index (χ3n) is 10.4. The van der Waals surface area contributed by atoms with E-state index in [0.29, 0.717) is 17.9 Å². The predicted octanol–water partition coefficient (Wildman–Crippen LogP) is 6.75. The molecule has 0 aromatic heterocycles. The van der Waals surface area contributed by atoms with Gasteiger partial charge in [-0.15, -0.1) is 0 Å². The number of piperidine rings is 2. The number of carbonyl (C=O) groups excluding carboxylic acids is 2. The number of amides is 2. The number of ether oxygens (including phenoxy) is 1. The molecule has 1 atom stereocenters. The highest BCUT2D eigenvalue weighted by Gasteiger charge is 2.50. The molecule has 6 heteroatoms.